The van der Waals surface area contributed by atoms with Crippen LogP contribution in [0.2, 0.25) is 0 Å². The fourth-order valence-electron chi connectivity index (χ4n) is 2.48. The second-order valence-electron chi connectivity index (χ2n) is 4.19. The van der Waals surface area contributed by atoms with E-state index in [0.717, 1.165) is 29.1 Å². The van der Waals surface area contributed by atoms with Gasteiger partial charge in [-0.2, -0.15) is 0 Å². The van der Waals surface area contributed by atoms with Crippen molar-refractivity contribution in [1.29, 1.82) is 0 Å². The smallest absolute Gasteiger partial charge is 0.0817 e. The maximum absolute atomic E-state index is 4.50. The molecule has 0 radical (unpaired) electrons. The van der Waals surface area contributed by atoms with Crippen LogP contribution in [0.3, 0.4) is 0 Å². The van der Waals surface area contributed by atoms with Gasteiger partial charge in [-0.05, 0) is 29.7 Å². The van der Waals surface area contributed by atoms with Crippen molar-refractivity contribution in [2.75, 3.05) is 0 Å². The summed E-state index contributed by atoms with van der Waals surface area (Å²) in [5, 5.41) is 2.38. The monoisotopic (exact) mass is 219 g/mol. The zero-order chi connectivity index (χ0) is 11.2. The van der Waals surface area contributed by atoms with Crippen molar-refractivity contribution < 1.29 is 0 Å². The molecular formula is C14H9N3. The van der Waals surface area contributed by atoms with Gasteiger partial charge < -0.3 is 0 Å². The van der Waals surface area contributed by atoms with Crippen LogP contribution in [0.15, 0.2) is 42.9 Å². The summed E-state index contributed by atoms with van der Waals surface area (Å²) in [6.07, 6.45) is 6.33. The van der Waals surface area contributed by atoms with Crippen LogP contribution in [-0.4, -0.2) is 15.0 Å². The van der Waals surface area contributed by atoms with Crippen molar-refractivity contribution in [2.45, 2.75) is 6.42 Å². The molecule has 17 heavy (non-hydrogen) atoms. The van der Waals surface area contributed by atoms with Gasteiger partial charge in [0.25, 0.3) is 0 Å². The molecule has 3 heteroatoms. The van der Waals surface area contributed by atoms with Crippen molar-refractivity contribution in [3.63, 3.8) is 0 Å². The summed E-state index contributed by atoms with van der Waals surface area (Å²) in [7, 11) is 0. The topological polar surface area (TPSA) is 38.7 Å². The van der Waals surface area contributed by atoms with Crippen LogP contribution in [0.5, 0.6) is 0 Å². The zero-order valence-electron chi connectivity index (χ0n) is 9.09. The number of hydrogen-bond acceptors (Lipinski definition) is 3. The Hall–Kier alpha value is -2.29. The van der Waals surface area contributed by atoms with Gasteiger partial charge in [-0.25, -0.2) is 0 Å². The Bertz CT molecular complexity index is 729. The van der Waals surface area contributed by atoms with E-state index in [9.17, 15) is 0 Å². The average molecular weight is 219 g/mol. The lowest BCUT2D eigenvalue weighted by molar-refractivity contribution is 1.01. The Balaban J connectivity index is 2.22. The molecule has 3 heterocycles. The molecule has 0 amide bonds. The van der Waals surface area contributed by atoms with E-state index in [1.807, 2.05) is 36.8 Å². The molecule has 0 atom stereocenters. The number of pyridine rings is 3. The molecule has 0 bridgehead atoms. The van der Waals surface area contributed by atoms with Crippen LogP contribution in [0.25, 0.3) is 22.0 Å². The number of hydrogen-bond donors (Lipinski definition) is 0. The highest BCUT2D eigenvalue weighted by Crippen LogP contribution is 2.35. The van der Waals surface area contributed by atoms with E-state index < -0.39 is 0 Å². The van der Waals surface area contributed by atoms with Crippen molar-refractivity contribution >= 4 is 10.8 Å². The standard InChI is InChI=1S/C14H9N3/c1-2-10-11(15-5-1)8-12-13-9(3-6-16-12)4-7-17-14(10)13/h1-7H,8H2. The third-order valence-corrected chi connectivity index (χ3v) is 3.24. The Morgan fingerprint density at radius 1 is 0.824 bits per heavy atom. The molecule has 80 valence electrons. The molecule has 4 rings (SSSR count). The molecule has 1 aliphatic carbocycles. The lowest BCUT2D eigenvalue weighted by atomic mass is 9.93. The van der Waals surface area contributed by atoms with Gasteiger partial charge in [-0.15, -0.1) is 0 Å². The lowest BCUT2D eigenvalue weighted by Gasteiger charge is -2.17. The quantitative estimate of drug-likeness (QED) is 0.456. The second kappa shape index (κ2) is 3.10. The zero-order valence-corrected chi connectivity index (χ0v) is 9.09. The van der Waals surface area contributed by atoms with E-state index in [0.29, 0.717) is 0 Å². The predicted octanol–water partition coefficient (Wildman–Crippen LogP) is 2.60. The molecule has 0 saturated carbocycles. The Morgan fingerprint density at radius 2 is 1.65 bits per heavy atom. The van der Waals surface area contributed by atoms with Gasteiger partial charge in [0.15, 0.2) is 0 Å². The summed E-state index contributed by atoms with van der Waals surface area (Å²) in [5.74, 6) is 0. The third kappa shape index (κ3) is 1.13. The van der Waals surface area contributed by atoms with E-state index in [1.165, 1.54) is 10.8 Å². The molecule has 0 unspecified atom stereocenters. The Kier molecular flexibility index (Phi) is 1.61. The minimum absolute atomic E-state index is 0.798. The predicted molar refractivity (Wildman–Crippen MR) is 65.6 cm³/mol. The molecule has 0 aromatic carbocycles. The minimum Gasteiger partial charge on any atom is -0.260 e. The van der Waals surface area contributed by atoms with E-state index in [1.54, 1.807) is 0 Å². The maximum atomic E-state index is 4.50. The van der Waals surface area contributed by atoms with Crippen LogP contribution in [-0.2, 0) is 6.42 Å². The summed E-state index contributed by atoms with van der Waals surface area (Å²) >= 11 is 0. The minimum atomic E-state index is 0.798. The molecular weight excluding hydrogens is 210 g/mol. The average Bonchev–Trinajstić information content (AvgIpc) is 2.39. The first-order chi connectivity index (χ1) is 8.43. The van der Waals surface area contributed by atoms with Crippen molar-refractivity contribution in [3.8, 4) is 11.3 Å². The number of nitrogens with zero attached hydrogens (tertiary/aromatic N) is 3. The van der Waals surface area contributed by atoms with E-state index in [-0.39, 0.29) is 0 Å². The molecule has 0 spiro atoms. The number of rotatable bonds is 0. The van der Waals surface area contributed by atoms with Gasteiger partial charge in [0, 0.05) is 36.0 Å². The summed E-state index contributed by atoms with van der Waals surface area (Å²) in [4.78, 5) is 13.4. The highest BCUT2D eigenvalue weighted by molar-refractivity contribution is 5.98. The summed E-state index contributed by atoms with van der Waals surface area (Å²) in [6.45, 7) is 0. The number of aromatic nitrogens is 3. The highest BCUT2D eigenvalue weighted by Gasteiger charge is 2.20. The molecule has 0 N–H and O–H groups in total. The van der Waals surface area contributed by atoms with Crippen LogP contribution in [0.4, 0.5) is 0 Å². The first-order valence-corrected chi connectivity index (χ1v) is 5.60. The van der Waals surface area contributed by atoms with Crippen LogP contribution >= 0.6 is 0 Å². The van der Waals surface area contributed by atoms with E-state index >= 15 is 0 Å². The van der Waals surface area contributed by atoms with Crippen molar-refractivity contribution in [1.82, 2.24) is 15.0 Å². The van der Waals surface area contributed by atoms with Gasteiger partial charge in [0.2, 0.25) is 0 Å². The summed E-state index contributed by atoms with van der Waals surface area (Å²) in [5.41, 5.74) is 4.30. The van der Waals surface area contributed by atoms with Gasteiger partial charge in [0.1, 0.15) is 0 Å². The van der Waals surface area contributed by atoms with Gasteiger partial charge >= 0.3 is 0 Å². The Morgan fingerprint density at radius 3 is 2.59 bits per heavy atom. The SMILES string of the molecule is c1cnc2c(c1)-c1nccc3ccnc(c13)C2. The molecule has 0 fully saturated rings. The molecule has 0 aliphatic heterocycles. The molecule has 3 nitrogen and oxygen atoms in total. The van der Waals surface area contributed by atoms with Crippen molar-refractivity contribution in [2.24, 2.45) is 0 Å². The fraction of sp³-hybridized carbons (Fsp3) is 0.0714. The van der Waals surface area contributed by atoms with Crippen LogP contribution < -0.4 is 0 Å². The number of fused-ring (bicyclic) bond motifs is 2. The first-order valence-electron chi connectivity index (χ1n) is 5.60. The normalized spacial score (nSPS) is 12.5. The molecule has 3 aromatic heterocycles. The summed E-state index contributed by atoms with van der Waals surface area (Å²) < 4.78 is 0. The van der Waals surface area contributed by atoms with Crippen molar-refractivity contribution in [3.05, 3.63) is 54.2 Å². The van der Waals surface area contributed by atoms with Gasteiger partial charge in [-0.1, -0.05) is 0 Å². The molecule has 1 aliphatic rings. The Labute approximate surface area is 98.2 Å². The maximum Gasteiger partial charge on any atom is 0.0817 e. The summed E-state index contributed by atoms with van der Waals surface area (Å²) in [6, 6.07) is 8.11. The van der Waals surface area contributed by atoms with Gasteiger partial charge in [0.05, 0.1) is 17.1 Å². The lowest BCUT2D eigenvalue weighted by Crippen LogP contribution is -2.06. The molecule has 3 aromatic rings. The molecule has 0 saturated heterocycles. The highest BCUT2D eigenvalue weighted by atomic mass is 14.8. The van der Waals surface area contributed by atoms with Gasteiger partial charge in [-0.3, -0.25) is 15.0 Å². The van der Waals surface area contributed by atoms with E-state index in [2.05, 4.69) is 21.0 Å². The second-order valence-corrected chi connectivity index (χ2v) is 4.19. The van der Waals surface area contributed by atoms with Crippen LogP contribution in [0, 0.1) is 0 Å². The fourth-order valence-corrected chi connectivity index (χ4v) is 2.48. The first kappa shape index (κ1) is 8.82. The van der Waals surface area contributed by atoms with Crippen LogP contribution in [0.1, 0.15) is 11.4 Å². The van der Waals surface area contributed by atoms with E-state index in [4.69, 9.17) is 0 Å². The largest absolute Gasteiger partial charge is 0.260 e. The third-order valence-electron chi connectivity index (χ3n) is 3.24.